The molecule has 108 valence electrons. The highest BCUT2D eigenvalue weighted by Crippen LogP contribution is 2.30. The van der Waals surface area contributed by atoms with Crippen molar-refractivity contribution < 1.29 is 13.2 Å². The first-order chi connectivity index (χ1) is 9.43. The van der Waals surface area contributed by atoms with Gasteiger partial charge in [0.1, 0.15) is 0 Å². The van der Waals surface area contributed by atoms with E-state index in [2.05, 4.69) is 10.3 Å². The van der Waals surface area contributed by atoms with Gasteiger partial charge >= 0.3 is 6.18 Å². The van der Waals surface area contributed by atoms with Crippen molar-refractivity contribution in [2.24, 2.45) is 0 Å². The van der Waals surface area contributed by atoms with Crippen molar-refractivity contribution in [1.82, 2.24) is 14.9 Å². The summed E-state index contributed by atoms with van der Waals surface area (Å²) in [5.74, 6) is 0. The molecule has 7 heteroatoms. The Balaban J connectivity index is 2.40. The van der Waals surface area contributed by atoms with Gasteiger partial charge in [-0.3, -0.25) is 9.36 Å². The van der Waals surface area contributed by atoms with Crippen LogP contribution in [0.25, 0.3) is 10.9 Å². The minimum absolute atomic E-state index is 0.0645. The Bertz CT molecular complexity index is 664. The third-order valence-electron chi connectivity index (χ3n) is 2.98. The fourth-order valence-corrected chi connectivity index (χ4v) is 1.92. The van der Waals surface area contributed by atoms with Crippen LogP contribution in [0.2, 0.25) is 0 Å². The molecule has 0 fully saturated rings. The van der Waals surface area contributed by atoms with Crippen LogP contribution in [0.4, 0.5) is 13.2 Å². The van der Waals surface area contributed by atoms with Crippen LogP contribution in [0.3, 0.4) is 0 Å². The molecule has 0 aliphatic carbocycles. The van der Waals surface area contributed by atoms with E-state index in [1.165, 1.54) is 17.0 Å². The lowest BCUT2D eigenvalue weighted by Crippen LogP contribution is -2.22. The summed E-state index contributed by atoms with van der Waals surface area (Å²) in [6, 6.07) is 2.99. The molecular weight excluding hydrogens is 271 g/mol. The lowest BCUT2D eigenvalue weighted by atomic mass is 10.1. The number of halogens is 3. The summed E-state index contributed by atoms with van der Waals surface area (Å²) in [6.45, 7) is 1.22. The highest BCUT2D eigenvalue weighted by molar-refractivity contribution is 5.78. The number of benzene rings is 1. The number of alkyl halides is 3. The molecule has 0 amide bonds. The molecule has 0 unspecified atom stereocenters. The Hall–Kier alpha value is -1.89. The SMILES string of the molecule is CNCCCn1cnc2cc(C(F)(F)F)ccc2c1=O. The second kappa shape index (κ2) is 5.62. The molecule has 0 radical (unpaired) electrons. The minimum atomic E-state index is -4.43. The van der Waals surface area contributed by atoms with E-state index >= 15 is 0 Å². The lowest BCUT2D eigenvalue weighted by molar-refractivity contribution is -0.137. The first kappa shape index (κ1) is 14.5. The van der Waals surface area contributed by atoms with Gasteiger partial charge in [0, 0.05) is 6.54 Å². The summed E-state index contributed by atoms with van der Waals surface area (Å²) in [6.07, 6.45) is -2.40. The second-order valence-electron chi connectivity index (χ2n) is 4.43. The highest BCUT2D eigenvalue weighted by Gasteiger charge is 2.30. The Kier molecular flexibility index (Phi) is 4.08. The van der Waals surface area contributed by atoms with Gasteiger partial charge < -0.3 is 5.32 Å². The van der Waals surface area contributed by atoms with Gasteiger partial charge in [-0.25, -0.2) is 4.98 Å². The molecule has 0 saturated carbocycles. The van der Waals surface area contributed by atoms with E-state index in [4.69, 9.17) is 0 Å². The van der Waals surface area contributed by atoms with Crippen molar-refractivity contribution in [3.05, 3.63) is 40.4 Å². The zero-order valence-corrected chi connectivity index (χ0v) is 10.9. The molecule has 1 aromatic heterocycles. The molecule has 2 rings (SSSR count). The molecule has 1 heterocycles. The maximum Gasteiger partial charge on any atom is 0.416 e. The first-order valence-corrected chi connectivity index (χ1v) is 6.14. The number of aromatic nitrogens is 2. The maximum absolute atomic E-state index is 12.6. The van der Waals surface area contributed by atoms with E-state index < -0.39 is 11.7 Å². The van der Waals surface area contributed by atoms with Crippen molar-refractivity contribution in [2.45, 2.75) is 19.1 Å². The van der Waals surface area contributed by atoms with E-state index in [0.717, 1.165) is 25.1 Å². The van der Waals surface area contributed by atoms with E-state index in [0.29, 0.717) is 6.54 Å². The van der Waals surface area contributed by atoms with Crippen LogP contribution in [-0.4, -0.2) is 23.1 Å². The van der Waals surface area contributed by atoms with Gasteiger partial charge in [-0.1, -0.05) is 0 Å². The van der Waals surface area contributed by atoms with Crippen molar-refractivity contribution in [1.29, 1.82) is 0 Å². The van der Waals surface area contributed by atoms with Gasteiger partial charge in [0.25, 0.3) is 5.56 Å². The van der Waals surface area contributed by atoms with Crippen molar-refractivity contribution in [3.8, 4) is 0 Å². The third kappa shape index (κ3) is 2.98. The second-order valence-corrected chi connectivity index (χ2v) is 4.43. The van der Waals surface area contributed by atoms with Crippen LogP contribution in [0.1, 0.15) is 12.0 Å². The Labute approximate surface area is 113 Å². The molecule has 1 aromatic carbocycles. The third-order valence-corrected chi connectivity index (χ3v) is 2.98. The molecule has 0 bridgehead atoms. The molecule has 0 atom stereocenters. The van der Waals surface area contributed by atoms with Crippen molar-refractivity contribution in [2.75, 3.05) is 13.6 Å². The van der Waals surface area contributed by atoms with Crippen LogP contribution < -0.4 is 10.9 Å². The van der Waals surface area contributed by atoms with Crippen LogP contribution in [0.15, 0.2) is 29.3 Å². The van der Waals surface area contributed by atoms with Gasteiger partial charge in [0.05, 0.1) is 22.8 Å². The number of hydrogen-bond acceptors (Lipinski definition) is 3. The van der Waals surface area contributed by atoms with Gasteiger partial charge in [-0.05, 0) is 38.2 Å². The first-order valence-electron chi connectivity index (χ1n) is 6.14. The highest BCUT2D eigenvalue weighted by atomic mass is 19.4. The van der Waals surface area contributed by atoms with Gasteiger partial charge in [0.2, 0.25) is 0 Å². The van der Waals surface area contributed by atoms with Crippen molar-refractivity contribution in [3.63, 3.8) is 0 Å². The topological polar surface area (TPSA) is 46.9 Å². The number of hydrogen-bond donors (Lipinski definition) is 1. The Morgan fingerprint density at radius 1 is 1.35 bits per heavy atom. The molecule has 20 heavy (non-hydrogen) atoms. The van der Waals surface area contributed by atoms with Crippen molar-refractivity contribution >= 4 is 10.9 Å². The fraction of sp³-hybridized carbons (Fsp3) is 0.385. The summed E-state index contributed by atoms with van der Waals surface area (Å²) in [7, 11) is 1.81. The number of rotatable bonds is 4. The predicted molar refractivity (Wildman–Crippen MR) is 69.5 cm³/mol. The number of fused-ring (bicyclic) bond motifs is 1. The zero-order chi connectivity index (χ0) is 14.8. The average Bonchev–Trinajstić information content (AvgIpc) is 2.40. The molecule has 0 aliphatic rings. The van der Waals surface area contributed by atoms with E-state index in [1.54, 1.807) is 7.05 Å². The van der Waals surface area contributed by atoms with Gasteiger partial charge in [0.15, 0.2) is 0 Å². The minimum Gasteiger partial charge on any atom is -0.320 e. The standard InChI is InChI=1S/C13H14F3N3O/c1-17-5-2-6-19-8-18-11-7-9(13(14,15)16)3-4-10(11)12(19)20/h3-4,7-8,17H,2,5-6H2,1H3. The zero-order valence-electron chi connectivity index (χ0n) is 10.9. The van der Waals surface area contributed by atoms with Crippen LogP contribution in [-0.2, 0) is 12.7 Å². The summed E-state index contributed by atoms with van der Waals surface area (Å²) < 4.78 is 39.2. The Morgan fingerprint density at radius 3 is 2.75 bits per heavy atom. The normalized spacial score (nSPS) is 12.0. The average molecular weight is 285 g/mol. The van der Waals surface area contributed by atoms with E-state index in [1.807, 2.05) is 0 Å². The van der Waals surface area contributed by atoms with Crippen LogP contribution in [0.5, 0.6) is 0 Å². The molecule has 2 aromatic rings. The molecule has 0 aliphatic heterocycles. The number of nitrogens with zero attached hydrogens (tertiary/aromatic N) is 2. The number of aryl methyl sites for hydroxylation is 1. The predicted octanol–water partition coefficient (Wildman–Crippen LogP) is 2.02. The summed E-state index contributed by atoms with van der Waals surface area (Å²) >= 11 is 0. The van der Waals surface area contributed by atoms with Crippen LogP contribution >= 0.6 is 0 Å². The monoisotopic (exact) mass is 285 g/mol. The smallest absolute Gasteiger partial charge is 0.320 e. The maximum atomic E-state index is 12.6. The molecule has 1 N–H and O–H groups in total. The largest absolute Gasteiger partial charge is 0.416 e. The summed E-state index contributed by atoms with van der Waals surface area (Å²) in [4.78, 5) is 16.0. The van der Waals surface area contributed by atoms with Crippen LogP contribution in [0, 0.1) is 0 Å². The Morgan fingerprint density at radius 2 is 2.10 bits per heavy atom. The molecular formula is C13H14F3N3O. The number of nitrogens with one attached hydrogen (secondary N) is 1. The summed E-state index contributed by atoms with van der Waals surface area (Å²) in [5.41, 5.74) is -1.06. The molecule has 0 saturated heterocycles. The molecule has 0 spiro atoms. The molecule has 4 nitrogen and oxygen atoms in total. The lowest BCUT2D eigenvalue weighted by Gasteiger charge is -2.09. The van der Waals surface area contributed by atoms with Gasteiger partial charge in [-0.2, -0.15) is 13.2 Å². The fourth-order valence-electron chi connectivity index (χ4n) is 1.92. The quantitative estimate of drug-likeness (QED) is 0.874. The summed E-state index contributed by atoms with van der Waals surface area (Å²) in [5, 5.41) is 3.16. The van der Waals surface area contributed by atoms with Gasteiger partial charge in [-0.15, -0.1) is 0 Å². The van der Waals surface area contributed by atoms with E-state index in [9.17, 15) is 18.0 Å². The van der Waals surface area contributed by atoms with E-state index in [-0.39, 0.29) is 16.5 Å².